The normalized spacial score (nSPS) is 15.9. The molecule has 2 aromatic rings. The average Bonchev–Trinajstić information content (AvgIpc) is 2.47. The number of rotatable bonds is 1. The van der Waals surface area contributed by atoms with Crippen LogP contribution in [0.25, 0.3) is 6.08 Å². The molecule has 98 valence electrons. The van der Waals surface area contributed by atoms with E-state index in [4.69, 9.17) is 11.6 Å². The van der Waals surface area contributed by atoms with E-state index in [1.807, 2.05) is 0 Å². The fourth-order valence-electron chi connectivity index (χ4n) is 2.10. The first-order valence-electron chi connectivity index (χ1n) is 6.07. The Balaban J connectivity index is 2.03. The van der Waals surface area contributed by atoms with Crippen LogP contribution in [0.1, 0.15) is 26.3 Å². The van der Waals surface area contributed by atoms with E-state index in [1.165, 1.54) is 0 Å². The lowest BCUT2D eigenvalue weighted by atomic mass is 9.96. The highest BCUT2D eigenvalue weighted by atomic mass is 35.5. The summed E-state index contributed by atoms with van der Waals surface area (Å²) in [5, 5.41) is 3.25. The molecule has 0 bridgehead atoms. The number of allylic oxidation sites excluding steroid dienone is 1. The van der Waals surface area contributed by atoms with Crippen molar-refractivity contribution in [3.63, 3.8) is 0 Å². The molecule has 3 rings (SSSR count). The lowest BCUT2D eigenvalue weighted by molar-refractivity contribution is 0.0910. The molecule has 3 nitrogen and oxygen atoms in total. The Morgan fingerprint density at radius 1 is 0.900 bits per heavy atom. The van der Waals surface area contributed by atoms with Gasteiger partial charge in [-0.3, -0.25) is 9.59 Å². The molecule has 1 aliphatic heterocycles. The predicted octanol–water partition coefficient (Wildman–Crippen LogP) is 3.31. The Morgan fingerprint density at radius 2 is 1.55 bits per heavy atom. The van der Waals surface area contributed by atoms with Gasteiger partial charge >= 0.3 is 0 Å². The topological polar surface area (TPSA) is 46.2 Å². The number of hydrogen-bond acceptors (Lipinski definition) is 2. The molecule has 1 amide bonds. The van der Waals surface area contributed by atoms with Gasteiger partial charge in [0.25, 0.3) is 5.91 Å². The number of benzene rings is 2. The molecule has 0 unspecified atom stereocenters. The highest BCUT2D eigenvalue weighted by Gasteiger charge is 2.26. The largest absolute Gasteiger partial charge is 0.319 e. The molecule has 1 aliphatic rings. The number of halogens is 1. The third kappa shape index (κ3) is 2.24. The molecular formula is C16H10ClNO2. The molecule has 0 spiro atoms. The van der Waals surface area contributed by atoms with Crippen molar-refractivity contribution in [1.29, 1.82) is 0 Å². The van der Waals surface area contributed by atoms with Crippen LogP contribution in [0.2, 0.25) is 5.02 Å². The summed E-state index contributed by atoms with van der Waals surface area (Å²) < 4.78 is 0. The molecule has 2 aromatic carbocycles. The minimum absolute atomic E-state index is 0.185. The lowest BCUT2D eigenvalue weighted by Crippen LogP contribution is -2.34. The zero-order valence-electron chi connectivity index (χ0n) is 10.4. The van der Waals surface area contributed by atoms with Crippen molar-refractivity contribution in [2.24, 2.45) is 0 Å². The molecule has 1 N–H and O–H groups in total. The molecule has 0 saturated heterocycles. The van der Waals surface area contributed by atoms with Crippen LogP contribution in [-0.2, 0) is 0 Å². The van der Waals surface area contributed by atoms with Gasteiger partial charge in [0, 0.05) is 10.6 Å². The Hall–Kier alpha value is -2.39. The fourth-order valence-corrected chi connectivity index (χ4v) is 2.22. The van der Waals surface area contributed by atoms with E-state index in [0.29, 0.717) is 16.1 Å². The van der Waals surface area contributed by atoms with Crippen molar-refractivity contribution < 1.29 is 9.59 Å². The van der Waals surface area contributed by atoms with Gasteiger partial charge in [0.1, 0.15) is 0 Å². The first kappa shape index (κ1) is 12.6. The van der Waals surface area contributed by atoms with Crippen LogP contribution in [0, 0.1) is 0 Å². The first-order valence-corrected chi connectivity index (χ1v) is 6.45. The van der Waals surface area contributed by atoms with Crippen LogP contribution in [0.5, 0.6) is 0 Å². The number of ketones is 1. The molecule has 0 fully saturated rings. The second-order valence-corrected chi connectivity index (χ2v) is 4.87. The van der Waals surface area contributed by atoms with Crippen LogP contribution < -0.4 is 5.32 Å². The minimum atomic E-state index is -0.264. The van der Waals surface area contributed by atoms with E-state index in [0.717, 1.165) is 5.56 Å². The summed E-state index contributed by atoms with van der Waals surface area (Å²) in [5.41, 5.74) is 1.91. The van der Waals surface area contributed by atoms with Gasteiger partial charge in [-0.2, -0.15) is 0 Å². The van der Waals surface area contributed by atoms with E-state index < -0.39 is 0 Å². The Morgan fingerprint density at radius 3 is 2.25 bits per heavy atom. The Bertz CT molecular complexity index is 732. The van der Waals surface area contributed by atoms with Crippen LogP contribution in [-0.4, -0.2) is 11.7 Å². The number of Topliss-reactive ketones (excluding diaryl/α,β-unsaturated/α-hetero) is 1. The van der Waals surface area contributed by atoms with Crippen LogP contribution in [0.15, 0.2) is 54.2 Å². The smallest absolute Gasteiger partial charge is 0.256 e. The van der Waals surface area contributed by atoms with Gasteiger partial charge in [0.15, 0.2) is 0 Å². The number of amides is 1. The maximum absolute atomic E-state index is 12.3. The summed E-state index contributed by atoms with van der Waals surface area (Å²) in [5.74, 6) is -0.449. The van der Waals surface area contributed by atoms with Crippen molar-refractivity contribution in [3.8, 4) is 0 Å². The lowest BCUT2D eigenvalue weighted by Gasteiger charge is -2.17. The second-order valence-electron chi connectivity index (χ2n) is 4.44. The molecule has 0 saturated carbocycles. The van der Waals surface area contributed by atoms with Crippen LogP contribution in [0.3, 0.4) is 0 Å². The molecular weight excluding hydrogens is 274 g/mol. The van der Waals surface area contributed by atoms with E-state index in [2.05, 4.69) is 5.32 Å². The molecule has 0 aromatic heterocycles. The van der Waals surface area contributed by atoms with Crippen molar-refractivity contribution in [1.82, 2.24) is 5.32 Å². The first-order chi connectivity index (χ1) is 9.65. The summed E-state index contributed by atoms with van der Waals surface area (Å²) in [4.78, 5) is 24.3. The molecule has 1 heterocycles. The average molecular weight is 284 g/mol. The van der Waals surface area contributed by atoms with Gasteiger partial charge in [-0.15, -0.1) is 0 Å². The number of carbonyl (C=O) groups is 2. The minimum Gasteiger partial charge on any atom is -0.319 e. The van der Waals surface area contributed by atoms with Crippen molar-refractivity contribution in [3.05, 3.63) is 75.9 Å². The monoisotopic (exact) mass is 283 g/mol. The van der Waals surface area contributed by atoms with Gasteiger partial charge in [-0.05, 0) is 29.8 Å². The molecule has 20 heavy (non-hydrogen) atoms. The number of carbonyl (C=O) groups excluding carboxylic acids is 2. The van der Waals surface area contributed by atoms with E-state index >= 15 is 0 Å². The van der Waals surface area contributed by atoms with Crippen LogP contribution >= 0.6 is 11.6 Å². The number of nitrogens with one attached hydrogen (secondary N) is 1. The van der Waals surface area contributed by atoms with Gasteiger partial charge in [-0.1, -0.05) is 41.9 Å². The van der Waals surface area contributed by atoms with Crippen LogP contribution in [0.4, 0.5) is 0 Å². The summed E-state index contributed by atoms with van der Waals surface area (Å²) in [6.07, 6.45) is 1.65. The summed E-state index contributed by atoms with van der Waals surface area (Å²) in [6, 6.07) is 13.8. The predicted molar refractivity (Wildman–Crippen MR) is 77.7 cm³/mol. The van der Waals surface area contributed by atoms with E-state index in [1.54, 1.807) is 54.6 Å². The maximum atomic E-state index is 12.3. The van der Waals surface area contributed by atoms with E-state index in [-0.39, 0.29) is 17.4 Å². The highest BCUT2D eigenvalue weighted by Crippen LogP contribution is 2.20. The maximum Gasteiger partial charge on any atom is 0.256 e. The van der Waals surface area contributed by atoms with Crippen molar-refractivity contribution >= 4 is 29.4 Å². The van der Waals surface area contributed by atoms with Gasteiger partial charge < -0.3 is 5.32 Å². The Labute approximate surface area is 120 Å². The zero-order chi connectivity index (χ0) is 14.1. The summed E-state index contributed by atoms with van der Waals surface area (Å²) in [6.45, 7) is 0. The van der Waals surface area contributed by atoms with E-state index in [9.17, 15) is 9.59 Å². The second kappa shape index (κ2) is 4.94. The zero-order valence-corrected chi connectivity index (χ0v) is 11.1. The summed E-state index contributed by atoms with van der Waals surface area (Å²) in [7, 11) is 0. The quantitative estimate of drug-likeness (QED) is 0.816. The SMILES string of the molecule is O=C1NC(=Cc2ccc(Cl)cc2)C(=O)c2ccccc21. The third-order valence-corrected chi connectivity index (χ3v) is 3.34. The highest BCUT2D eigenvalue weighted by molar-refractivity contribution is 6.30. The van der Waals surface area contributed by atoms with Gasteiger partial charge in [-0.25, -0.2) is 0 Å². The summed E-state index contributed by atoms with van der Waals surface area (Å²) >= 11 is 5.82. The molecule has 0 radical (unpaired) electrons. The van der Waals surface area contributed by atoms with Crippen molar-refractivity contribution in [2.45, 2.75) is 0 Å². The third-order valence-electron chi connectivity index (χ3n) is 3.09. The Kier molecular flexibility index (Phi) is 3.12. The molecule has 0 atom stereocenters. The fraction of sp³-hybridized carbons (Fsp3) is 0. The number of hydrogen-bond donors (Lipinski definition) is 1. The molecule has 0 aliphatic carbocycles. The molecule has 4 heteroatoms. The number of fused-ring (bicyclic) bond motifs is 1. The standard InChI is InChI=1S/C16H10ClNO2/c17-11-7-5-10(6-8-11)9-14-15(19)12-3-1-2-4-13(12)16(20)18-14/h1-9H,(H,18,20). The van der Waals surface area contributed by atoms with Gasteiger partial charge in [0.2, 0.25) is 5.78 Å². The van der Waals surface area contributed by atoms with Gasteiger partial charge in [0.05, 0.1) is 11.3 Å². The van der Waals surface area contributed by atoms with Crippen molar-refractivity contribution in [2.75, 3.05) is 0 Å².